The molecule has 2 rings (SSSR count). The summed E-state index contributed by atoms with van der Waals surface area (Å²) in [5.41, 5.74) is 11.2. The highest BCUT2D eigenvalue weighted by Gasteiger charge is 2.02. The first kappa shape index (κ1) is 21.3. The maximum absolute atomic E-state index is 5.05. The van der Waals surface area contributed by atoms with Crippen molar-refractivity contribution in [3.8, 4) is 0 Å². The van der Waals surface area contributed by atoms with Crippen LogP contribution in [-0.2, 0) is 6.54 Å². The average molecular weight is 327 g/mol. The summed E-state index contributed by atoms with van der Waals surface area (Å²) >= 11 is 0. The van der Waals surface area contributed by atoms with Crippen LogP contribution in [0.25, 0.3) is 0 Å². The number of aromatic nitrogens is 3. The second-order valence-electron chi connectivity index (χ2n) is 4.77. The van der Waals surface area contributed by atoms with E-state index >= 15 is 0 Å². The van der Waals surface area contributed by atoms with Crippen LogP contribution in [0.1, 0.15) is 24.1 Å². The number of hydrogen-bond acceptors (Lipinski definition) is 4. The first-order valence-electron chi connectivity index (χ1n) is 7.81. The number of benzene rings is 1. The number of nitrogens with zero attached hydrogens (tertiary/aromatic N) is 3. The third kappa shape index (κ3) is 10.1. The third-order valence-corrected chi connectivity index (χ3v) is 2.76. The Kier molecular flexibility index (Phi) is 12.4. The molecule has 0 aliphatic rings. The lowest BCUT2D eigenvalue weighted by Crippen LogP contribution is -2.03. The maximum Gasteiger partial charge on any atom is 0.147 e. The zero-order chi connectivity index (χ0) is 18.2. The predicted molar refractivity (Wildman–Crippen MR) is 102 cm³/mol. The molecular weight excluding hydrogens is 298 g/mol. The summed E-state index contributed by atoms with van der Waals surface area (Å²) in [4.78, 5) is 4.26. The van der Waals surface area contributed by atoms with Crippen molar-refractivity contribution in [1.29, 1.82) is 0 Å². The standard InChI is InChI=1S/C11H13N3.C4H9N.C4H7N/c1-9-12-10(2)14(13-9)8-11-6-4-3-5-7-11;2*1-2-3-4-5/h3-7H,8H2,1-2H3;2-3H,4-5H2,1H3;2-4H,1,5H2/b;3-2-;4-3+. The molecule has 0 atom stereocenters. The van der Waals surface area contributed by atoms with Crippen molar-refractivity contribution >= 4 is 0 Å². The second kappa shape index (κ2) is 14.0. The topological polar surface area (TPSA) is 82.8 Å². The van der Waals surface area contributed by atoms with E-state index < -0.39 is 0 Å². The molecule has 0 aliphatic heterocycles. The Morgan fingerprint density at radius 2 is 1.88 bits per heavy atom. The van der Waals surface area contributed by atoms with Crippen LogP contribution >= 0.6 is 0 Å². The van der Waals surface area contributed by atoms with Crippen molar-refractivity contribution in [3.63, 3.8) is 0 Å². The SMILES string of the molecule is C/C=C\CN.C=C/C=C/N.Cc1nc(C)n(Cc2ccccc2)n1. The van der Waals surface area contributed by atoms with Gasteiger partial charge in [-0.3, -0.25) is 0 Å². The molecule has 5 heteroatoms. The highest BCUT2D eigenvalue weighted by molar-refractivity contribution is 5.15. The minimum absolute atomic E-state index is 0.663. The van der Waals surface area contributed by atoms with Crippen molar-refractivity contribution in [2.45, 2.75) is 27.3 Å². The summed E-state index contributed by atoms with van der Waals surface area (Å²) in [6.07, 6.45) is 8.56. The van der Waals surface area contributed by atoms with Gasteiger partial charge in [0.15, 0.2) is 0 Å². The Balaban J connectivity index is 0.000000442. The van der Waals surface area contributed by atoms with E-state index in [0.717, 1.165) is 18.2 Å². The molecule has 0 fully saturated rings. The normalized spacial score (nSPS) is 10.0. The van der Waals surface area contributed by atoms with E-state index in [1.165, 1.54) is 11.8 Å². The van der Waals surface area contributed by atoms with E-state index in [0.29, 0.717) is 6.54 Å². The van der Waals surface area contributed by atoms with E-state index in [9.17, 15) is 0 Å². The Hall–Kier alpha value is -2.66. The van der Waals surface area contributed by atoms with Gasteiger partial charge in [0, 0.05) is 6.54 Å². The molecule has 0 saturated heterocycles. The molecule has 0 amide bonds. The number of hydrogen-bond donors (Lipinski definition) is 2. The van der Waals surface area contributed by atoms with Gasteiger partial charge in [0.25, 0.3) is 0 Å². The minimum Gasteiger partial charge on any atom is -0.405 e. The van der Waals surface area contributed by atoms with E-state index in [1.807, 2.05) is 55.8 Å². The number of rotatable bonds is 4. The van der Waals surface area contributed by atoms with Gasteiger partial charge in [-0.25, -0.2) is 9.67 Å². The highest BCUT2D eigenvalue weighted by Crippen LogP contribution is 2.03. The third-order valence-electron chi connectivity index (χ3n) is 2.76. The molecule has 1 aromatic carbocycles. The van der Waals surface area contributed by atoms with Gasteiger partial charge in [-0.05, 0) is 38.6 Å². The highest BCUT2D eigenvalue weighted by atomic mass is 15.3. The number of nitrogens with two attached hydrogens (primary N) is 2. The van der Waals surface area contributed by atoms with E-state index in [4.69, 9.17) is 11.5 Å². The van der Waals surface area contributed by atoms with Crippen LogP contribution in [0.5, 0.6) is 0 Å². The molecule has 0 aliphatic carbocycles. The summed E-state index contributed by atoms with van der Waals surface area (Å²) in [6.45, 7) is 10.7. The summed E-state index contributed by atoms with van der Waals surface area (Å²) < 4.78 is 1.92. The molecule has 1 aromatic heterocycles. The molecule has 2 aromatic rings. The summed E-state index contributed by atoms with van der Waals surface area (Å²) in [5.74, 6) is 1.80. The van der Waals surface area contributed by atoms with Gasteiger partial charge >= 0.3 is 0 Å². The number of allylic oxidation sites excluding steroid dienone is 3. The molecule has 130 valence electrons. The van der Waals surface area contributed by atoms with Gasteiger partial charge in [-0.2, -0.15) is 5.10 Å². The van der Waals surface area contributed by atoms with Crippen LogP contribution in [0, 0.1) is 13.8 Å². The van der Waals surface area contributed by atoms with Crippen LogP contribution in [0.15, 0.2) is 67.4 Å². The lowest BCUT2D eigenvalue weighted by atomic mass is 10.2. The molecule has 0 saturated carbocycles. The Labute approximate surface area is 145 Å². The molecule has 0 spiro atoms. The predicted octanol–water partition coefficient (Wildman–Crippen LogP) is 3.11. The molecule has 5 nitrogen and oxygen atoms in total. The van der Waals surface area contributed by atoms with Crippen molar-refractivity contribution in [2.24, 2.45) is 11.5 Å². The molecule has 24 heavy (non-hydrogen) atoms. The van der Waals surface area contributed by atoms with E-state index in [-0.39, 0.29) is 0 Å². The summed E-state index contributed by atoms with van der Waals surface area (Å²) in [7, 11) is 0. The molecule has 1 heterocycles. The first-order chi connectivity index (χ1) is 11.6. The second-order valence-corrected chi connectivity index (χ2v) is 4.77. The van der Waals surface area contributed by atoms with Crippen LogP contribution < -0.4 is 11.5 Å². The van der Waals surface area contributed by atoms with Crippen LogP contribution in [-0.4, -0.2) is 21.3 Å². The maximum atomic E-state index is 5.05. The lowest BCUT2D eigenvalue weighted by molar-refractivity contribution is 0.656. The molecule has 4 N–H and O–H groups in total. The van der Waals surface area contributed by atoms with E-state index in [1.54, 1.807) is 12.2 Å². The fraction of sp³-hybridized carbons (Fsp3) is 0.263. The van der Waals surface area contributed by atoms with Crippen molar-refractivity contribution in [3.05, 3.63) is 84.6 Å². The fourth-order valence-corrected chi connectivity index (χ4v) is 1.68. The molecule has 0 radical (unpaired) electrons. The Bertz CT molecular complexity index is 612. The zero-order valence-electron chi connectivity index (χ0n) is 14.9. The van der Waals surface area contributed by atoms with Gasteiger partial charge in [-0.1, -0.05) is 55.1 Å². The smallest absolute Gasteiger partial charge is 0.147 e. The minimum atomic E-state index is 0.663. The largest absolute Gasteiger partial charge is 0.405 e. The quantitative estimate of drug-likeness (QED) is 0.667. The summed E-state index contributed by atoms with van der Waals surface area (Å²) in [6, 6.07) is 10.3. The van der Waals surface area contributed by atoms with Gasteiger partial charge in [-0.15, -0.1) is 0 Å². The number of aryl methyl sites for hydroxylation is 2. The monoisotopic (exact) mass is 327 g/mol. The van der Waals surface area contributed by atoms with Crippen LogP contribution in [0.2, 0.25) is 0 Å². The van der Waals surface area contributed by atoms with Gasteiger partial charge in [0.05, 0.1) is 6.54 Å². The van der Waals surface area contributed by atoms with Gasteiger partial charge in [0.1, 0.15) is 11.6 Å². The average Bonchev–Trinajstić information content (AvgIpc) is 2.89. The Morgan fingerprint density at radius 3 is 2.21 bits per heavy atom. The van der Waals surface area contributed by atoms with Crippen molar-refractivity contribution in [2.75, 3.05) is 6.54 Å². The molecule has 0 unspecified atom stereocenters. The fourth-order valence-electron chi connectivity index (χ4n) is 1.68. The van der Waals surface area contributed by atoms with Gasteiger partial charge in [0.2, 0.25) is 0 Å². The Morgan fingerprint density at radius 1 is 1.21 bits per heavy atom. The first-order valence-corrected chi connectivity index (χ1v) is 7.81. The zero-order valence-corrected chi connectivity index (χ0v) is 14.9. The molecule has 0 bridgehead atoms. The lowest BCUT2D eigenvalue weighted by Gasteiger charge is -2.02. The summed E-state index contributed by atoms with van der Waals surface area (Å²) in [5, 5.41) is 4.31. The molecular formula is C19H29N5. The van der Waals surface area contributed by atoms with Crippen LogP contribution in [0.4, 0.5) is 0 Å². The van der Waals surface area contributed by atoms with Crippen molar-refractivity contribution < 1.29 is 0 Å². The van der Waals surface area contributed by atoms with Crippen molar-refractivity contribution in [1.82, 2.24) is 14.8 Å². The van der Waals surface area contributed by atoms with E-state index in [2.05, 4.69) is 28.8 Å². The van der Waals surface area contributed by atoms with Crippen LogP contribution in [0.3, 0.4) is 0 Å². The van der Waals surface area contributed by atoms with Gasteiger partial charge < -0.3 is 11.5 Å².